The van der Waals surface area contributed by atoms with Crippen LogP contribution in [0.2, 0.25) is 0 Å². The second-order valence-electron chi connectivity index (χ2n) is 23.1. The molecule has 0 saturated carbocycles. The maximum atomic E-state index is 12.9. The summed E-state index contributed by atoms with van der Waals surface area (Å²) in [6.45, 7) is 6.68. The van der Waals surface area contributed by atoms with Gasteiger partial charge in [-0.2, -0.15) is 0 Å². The molecular weight excluding hydrogens is 925 g/mol. The number of ether oxygens (including phenoxy) is 3. The molecule has 6 heteroatoms. The van der Waals surface area contributed by atoms with Gasteiger partial charge in [-0.1, -0.05) is 315 Å². The fraction of sp³-hybridized carbons (Fsp3) is 0.899. The Hall–Kier alpha value is -2.11. The maximum Gasteiger partial charge on any atom is 0.306 e. The van der Waals surface area contributed by atoms with Crippen molar-refractivity contribution in [1.82, 2.24) is 0 Å². The largest absolute Gasteiger partial charge is 0.462 e. The summed E-state index contributed by atoms with van der Waals surface area (Å²) in [5, 5.41) is 0. The number of carbonyl (C=O) groups excluding carboxylic acids is 3. The third-order valence-corrected chi connectivity index (χ3v) is 15.4. The van der Waals surface area contributed by atoms with Gasteiger partial charge in [0, 0.05) is 19.3 Å². The summed E-state index contributed by atoms with van der Waals surface area (Å²) in [5.41, 5.74) is 0. The minimum absolute atomic E-state index is 0.0723. The molecule has 1 atom stereocenters. The summed E-state index contributed by atoms with van der Waals surface area (Å²) in [4.78, 5) is 38.3. The van der Waals surface area contributed by atoms with Crippen molar-refractivity contribution < 1.29 is 28.6 Å². The predicted octanol–water partition coefficient (Wildman–Crippen LogP) is 23.0. The molecule has 0 bridgehead atoms. The van der Waals surface area contributed by atoms with Crippen LogP contribution in [0.4, 0.5) is 0 Å². The number of unbranched alkanes of at least 4 members (excludes halogenated alkanes) is 48. The third kappa shape index (κ3) is 62.6. The molecule has 6 nitrogen and oxygen atoms in total. The first kappa shape index (κ1) is 72.9. The van der Waals surface area contributed by atoms with Crippen molar-refractivity contribution in [2.45, 2.75) is 386 Å². The topological polar surface area (TPSA) is 78.9 Å². The van der Waals surface area contributed by atoms with Crippen LogP contribution in [-0.4, -0.2) is 37.2 Å². The van der Waals surface area contributed by atoms with E-state index in [0.717, 1.165) is 70.6 Å². The van der Waals surface area contributed by atoms with E-state index in [2.05, 4.69) is 45.1 Å². The van der Waals surface area contributed by atoms with Crippen molar-refractivity contribution in [2.75, 3.05) is 13.2 Å². The zero-order valence-corrected chi connectivity index (χ0v) is 50.8. The fourth-order valence-corrected chi connectivity index (χ4v) is 10.3. The summed E-state index contributed by atoms with van der Waals surface area (Å²) in [6.07, 6.45) is 77.8. The highest BCUT2D eigenvalue weighted by Crippen LogP contribution is 2.18. The van der Waals surface area contributed by atoms with Crippen molar-refractivity contribution >= 4 is 17.9 Å². The fourth-order valence-electron chi connectivity index (χ4n) is 10.3. The molecule has 0 fully saturated rings. The normalized spacial score (nSPS) is 12.1. The van der Waals surface area contributed by atoms with Crippen molar-refractivity contribution in [3.8, 4) is 0 Å². The molecule has 0 aromatic carbocycles. The molecule has 0 rings (SSSR count). The first-order chi connectivity index (χ1) is 37.0. The zero-order chi connectivity index (χ0) is 54.3. The Labute approximate surface area is 468 Å². The molecule has 75 heavy (non-hydrogen) atoms. The molecule has 0 aliphatic carbocycles. The van der Waals surface area contributed by atoms with E-state index in [1.54, 1.807) is 0 Å². The highest BCUT2D eigenvalue weighted by molar-refractivity contribution is 5.71. The Balaban J connectivity index is 4.20. The average Bonchev–Trinajstić information content (AvgIpc) is 3.41. The summed E-state index contributed by atoms with van der Waals surface area (Å²) >= 11 is 0. The quantitative estimate of drug-likeness (QED) is 0.0261. The van der Waals surface area contributed by atoms with Crippen LogP contribution in [-0.2, 0) is 28.6 Å². The van der Waals surface area contributed by atoms with Gasteiger partial charge in [0.25, 0.3) is 0 Å². The van der Waals surface area contributed by atoms with Crippen molar-refractivity contribution in [2.24, 2.45) is 0 Å². The zero-order valence-electron chi connectivity index (χ0n) is 50.8. The van der Waals surface area contributed by atoms with Gasteiger partial charge in [0.2, 0.25) is 0 Å². The highest BCUT2D eigenvalue weighted by atomic mass is 16.6. The number of hydrogen-bond acceptors (Lipinski definition) is 6. The number of esters is 3. The van der Waals surface area contributed by atoms with Gasteiger partial charge in [0.05, 0.1) is 0 Å². The van der Waals surface area contributed by atoms with E-state index in [4.69, 9.17) is 14.2 Å². The van der Waals surface area contributed by atoms with Gasteiger partial charge in [-0.05, 0) is 70.6 Å². The molecular formula is C69H130O6. The molecule has 0 heterocycles. The first-order valence-corrected chi connectivity index (χ1v) is 33.8. The van der Waals surface area contributed by atoms with Crippen LogP contribution >= 0.6 is 0 Å². The van der Waals surface area contributed by atoms with Crippen molar-refractivity contribution in [3.63, 3.8) is 0 Å². The predicted molar refractivity (Wildman–Crippen MR) is 326 cm³/mol. The van der Waals surface area contributed by atoms with E-state index < -0.39 is 6.10 Å². The molecule has 442 valence electrons. The smallest absolute Gasteiger partial charge is 0.306 e. The Morgan fingerprint density at radius 1 is 0.253 bits per heavy atom. The van der Waals surface area contributed by atoms with Crippen LogP contribution in [0.15, 0.2) is 24.3 Å². The lowest BCUT2D eigenvalue weighted by Gasteiger charge is -2.18. The first-order valence-electron chi connectivity index (χ1n) is 33.8. The van der Waals surface area contributed by atoms with Crippen LogP contribution in [0.5, 0.6) is 0 Å². The summed E-state index contributed by atoms with van der Waals surface area (Å²) < 4.78 is 16.9. The molecule has 0 aromatic heterocycles. The molecule has 0 spiro atoms. The van der Waals surface area contributed by atoms with Gasteiger partial charge in [-0.3, -0.25) is 14.4 Å². The van der Waals surface area contributed by atoms with E-state index in [1.807, 2.05) is 0 Å². The molecule has 0 amide bonds. The third-order valence-electron chi connectivity index (χ3n) is 15.4. The van der Waals surface area contributed by atoms with Crippen molar-refractivity contribution in [1.29, 1.82) is 0 Å². The van der Waals surface area contributed by atoms with Gasteiger partial charge >= 0.3 is 17.9 Å². The standard InChI is InChI=1S/C69H130O6/c1-4-7-10-13-16-19-22-25-28-30-31-32-33-34-35-36-37-38-39-40-42-44-47-50-53-56-59-62-68(71)74-65-66(64-73-67(70)61-58-55-52-49-46-43-27-24-21-18-15-12-9-6-3)75-69(72)63-60-57-54-51-48-45-41-29-26-23-20-17-14-11-8-5-2/h24,27,29,41,66H,4-23,25-26,28,30-40,42-65H2,1-3H3/b27-24-,41-29-. The lowest BCUT2D eigenvalue weighted by Crippen LogP contribution is -2.30. The Kier molecular flexibility index (Phi) is 62.6. The Bertz CT molecular complexity index is 1210. The summed E-state index contributed by atoms with van der Waals surface area (Å²) in [7, 11) is 0. The van der Waals surface area contributed by atoms with E-state index in [1.165, 1.54) is 270 Å². The number of hydrogen-bond donors (Lipinski definition) is 0. The van der Waals surface area contributed by atoms with Crippen LogP contribution in [0, 0.1) is 0 Å². The number of rotatable bonds is 63. The highest BCUT2D eigenvalue weighted by Gasteiger charge is 2.19. The average molecular weight is 1060 g/mol. The molecule has 1 unspecified atom stereocenters. The van der Waals surface area contributed by atoms with Crippen LogP contribution in [0.1, 0.15) is 380 Å². The van der Waals surface area contributed by atoms with Gasteiger partial charge in [-0.15, -0.1) is 0 Å². The van der Waals surface area contributed by atoms with E-state index in [-0.39, 0.29) is 31.1 Å². The summed E-state index contributed by atoms with van der Waals surface area (Å²) in [5.74, 6) is -0.863. The lowest BCUT2D eigenvalue weighted by molar-refractivity contribution is -0.167. The molecule has 0 aromatic rings. The molecule has 0 aliphatic rings. The summed E-state index contributed by atoms with van der Waals surface area (Å²) in [6, 6.07) is 0. The van der Waals surface area contributed by atoms with Gasteiger partial charge in [0.15, 0.2) is 6.10 Å². The lowest BCUT2D eigenvalue weighted by atomic mass is 10.0. The second-order valence-corrected chi connectivity index (χ2v) is 23.1. The maximum absolute atomic E-state index is 12.9. The number of allylic oxidation sites excluding steroid dienone is 4. The number of carbonyl (C=O) groups is 3. The van der Waals surface area contributed by atoms with E-state index in [0.29, 0.717) is 19.3 Å². The molecule has 0 radical (unpaired) electrons. The van der Waals surface area contributed by atoms with Crippen LogP contribution < -0.4 is 0 Å². The van der Waals surface area contributed by atoms with Crippen molar-refractivity contribution in [3.05, 3.63) is 24.3 Å². The van der Waals surface area contributed by atoms with Gasteiger partial charge in [-0.25, -0.2) is 0 Å². The molecule has 0 aliphatic heterocycles. The Morgan fingerprint density at radius 2 is 0.440 bits per heavy atom. The SMILES string of the molecule is CCCCCCC/C=C\CCCCCCCC(=O)OCC(COC(=O)CCCCCCCCCCCCCCCCCCCCCCCCCCCCC)OC(=O)CCCCCCC/C=C\CCCCCCCCC. The molecule has 0 saturated heterocycles. The van der Waals surface area contributed by atoms with Gasteiger partial charge < -0.3 is 14.2 Å². The van der Waals surface area contributed by atoms with Crippen LogP contribution in [0.3, 0.4) is 0 Å². The minimum atomic E-state index is -0.776. The van der Waals surface area contributed by atoms with E-state index in [9.17, 15) is 14.4 Å². The van der Waals surface area contributed by atoms with Crippen LogP contribution in [0.25, 0.3) is 0 Å². The molecule has 0 N–H and O–H groups in total. The van der Waals surface area contributed by atoms with E-state index >= 15 is 0 Å². The minimum Gasteiger partial charge on any atom is -0.462 e. The monoisotopic (exact) mass is 1050 g/mol. The Morgan fingerprint density at radius 3 is 0.667 bits per heavy atom. The van der Waals surface area contributed by atoms with Gasteiger partial charge in [0.1, 0.15) is 13.2 Å². The second kappa shape index (κ2) is 64.4.